The fourth-order valence-electron chi connectivity index (χ4n) is 5.65. The van der Waals surface area contributed by atoms with Crippen LogP contribution in [0.25, 0.3) is 0 Å². The van der Waals surface area contributed by atoms with E-state index in [9.17, 15) is 18.8 Å². The van der Waals surface area contributed by atoms with Gasteiger partial charge in [-0.2, -0.15) is 0 Å². The summed E-state index contributed by atoms with van der Waals surface area (Å²) in [5.41, 5.74) is 4.18. The lowest BCUT2D eigenvalue weighted by Crippen LogP contribution is -2.39. The number of para-hydroxylation sites is 2. The van der Waals surface area contributed by atoms with E-state index in [1.54, 1.807) is 24.3 Å². The van der Waals surface area contributed by atoms with Crippen LogP contribution in [0.3, 0.4) is 0 Å². The first-order valence-corrected chi connectivity index (χ1v) is 12.6. The van der Waals surface area contributed by atoms with E-state index in [0.29, 0.717) is 41.8 Å². The van der Waals surface area contributed by atoms with E-state index in [4.69, 9.17) is 4.74 Å². The van der Waals surface area contributed by atoms with Crippen LogP contribution >= 0.6 is 0 Å². The van der Waals surface area contributed by atoms with Crippen LogP contribution < -0.4 is 10.1 Å². The first kappa shape index (κ1) is 24.0. The van der Waals surface area contributed by atoms with Crippen LogP contribution in [0.2, 0.25) is 0 Å². The van der Waals surface area contributed by atoms with Gasteiger partial charge in [-0.1, -0.05) is 30.3 Å². The number of Topliss-reactive ketones (excluding diaryl/α,β-unsaturated/α-hetero) is 2. The highest BCUT2D eigenvalue weighted by Crippen LogP contribution is 2.50. The van der Waals surface area contributed by atoms with E-state index >= 15 is 0 Å². The molecule has 1 heterocycles. The largest absolute Gasteiger partial charge is 0.483 e. The van der Waals surface area contributed by atoms with Crippen molar-refractivity contribution >= 4 is 23.2 Å². The van der Waals surface area contributed by atoms with E-state index in [0.717, 1.165) is 37.1 Å². The number of anilines is 1. The zero-order valence-corrected chi connectivity index (χ0v) is 20.3. The number of carbonyl (C=O) groups is 3. The van der Waals surface area contributed by atoms with Crippen molar-refractivity contribution in [3.8, 4) is 5.75 Å². The van der Waals surface area contributed by atoms with Crippen molar-refractivity contribution in [3.63, 3.8) is 0 Å². The molecule has 1 N–H and O–H groups in total. The molecule has 186 valence electrons. The fourth-order valence-corrected chi connectivity index (χ4v) is 5.65. The van der Waals surface area contributed by atoms with Crippen LogP contribution in [-0.2, 0) is 14.4 Å². The van der Waals surface area contributed by atoms with Crippen molar-refractivity contribution < 1.29 is 23.5 Å². The van der Waals surface area contributed by atoms with Crippen LogP contribution in [-0.4, -0.2) is 35.5 Å². The number of hydrogen-bond acceptors (Lipinski definition) is 5. The number of ketones is 2. The molecule has 2 aromatic carbocycles. The summed E-state index contributed by atoms with van der Waals surface area (Å²) in [5.74, 6) is -0.971. The number of allylic oxidation sites excluding steroid dienone is 4. The number of nitrogens with zero attached hydrogens (tertiary/aromatic N) is 1. The highest BCUT2D eigenvalue weighted by molar-refractivity contribution is 6.06. The monoisotopic (exact) mass is 488 g/mol. The molecule has 1 aliphatic heterocycles. The van der Waals surface area contributed by atoms with Crippen molar-refractivity contribution in [2.24, 2.45) is 0 Å². The van der Waals surface area contributed by atoms with Crippen LogP contribution in [0.1, 0.15) is 56.9 Å². The lowest BCUT2D eigenvalue weighted by atomic mass is 9.70. The molecule has 5 rings (SSSR count). The van der Waals surface area contributed by atoms with Gasteiger partial charge in [0, 0.05) is 53.4 Å². The normalized spacial score (nSPS) is 18.2. The summed E-state index contributed by atoms with van der Waals surface area (Å²) < 4.78 is 19.9. The van der Waals surface area contributed by atoms with Gasteiger partial charge in [-0.3, -0.25) is 14.4 Å². The standard InChI is InChI=1S/C29H29FN2O4/c1-2-32-21-12-7-14-23(33)28(21)27(29-22(32)13-8-15-24(29)34)18-9-3-6-16-25(18)36-17-26(35)31-20-11-5-4-10-19(20)30/h3-6,9-11,16,27H,2,7-8,12-15,17H2,1H3,(H,31,35). The van der Waals surface area contributed by atoms with Gasteiger partial charge >= 0.3 is 0 Å². The van der Waals surface area contributed by atoms with E-state index in [2.05, 4.69) is 17.1 Å². The van der Waals surface area contributed by atoms with Gasteiger partial charge in [0.1, 0.15) is 11.6 Å². The fraction of sp³-hybridized carbons (Fsp3) is 0.345. The molecule has 0 unspecified atom stereocenters. The van der Waals surface area contributed by atoms with E-state index in [1.165, 1.54) is 12.1 Å². The van der Waals surface area contributed by atoms with Crippen molar-refractivity contribution in [1.82, 2.24) is 4.90 Å². The molecule has 6 nitrogen and oxygen atoms in total. The highest BCUT2D eigenvalue weighted by atomic mass is 19.1. The van der Waals surface area contributed by atoms with Crippen molar-refractivity contribution in [1.29, 1.82) is 0 Å². The third-order valence-corrected chi connectivity index (χ3v) is 7.14. The molecule has 1 amide bonds. The van der Waals surface area contributed by atoms with Gasteiger partial charge in [0.15, 0.2) is 18.2 Å². The average Bonchev–Trinajstić information content (AvgIpc) is 2.88. The maximum Gasteiger partial charge on any atom is 0.262 e. The maximum atomic E-state index is 13.9. The Kier molecular flexibility index (Phi) is 6.72. The Morgan fingerprint density at radius 1 is 0.944 bits per heavy atom. The number of carbonyl (C=O) groups excluding carboxylic acids is 3. The Hall–Kier alpha value is -3.74. The molecule has 0 spiro atoms. The molecule has 0 atom stereocenters. The number of benzene rings is 2. The van der Waals surface area contributed by atoms with E-state index in [1.807, 2.05) is 12.1 Å². The summed E-state index contributed by atoms with van der Waals surface area (Å²) >= 11 is 0. The molecular weight excluding hydrogens is 459 g/mol. The Morgan fingerprint density at radius 2 is 1.56 bits per heavy atom. The molecule has 0 bridgehead atoms. The summed E-state index contributed by atoms with van der Waals surface area (Å²) in [7, 11) is 0. The van der Waals surface area contributed by atoms with Gasteiger partial charge in [0.2, 0.25) is 0 Å². The second-order valence-corrected chi connectivity index (χ2v) is 9.31. The lowest BCUT2D eigenvalue weighted by molar-refractivity contribution is -0.119. The predicted octanol–water partition coefficient (Wildman–Crippen LogP) is 5.28. The van der Waals surface area contributed by atoms with Gasteiger partial charge in [0.25, 0.3) is 5.91 Å². The molecule has 0 aromatic heterocycles. The third-order valence-electron chi connectivity index (χ3n) is 7.14. The Morgan fingerprint density at radius 3 is 2.19 bits per heavy atom. The van der Waals surface area contributed by atoms with Crippen LogP contribution in [0.15, 0.2) is 71.1 Å². The van der Waals surface area contributed by atoms with Gasteiger partial charge in [-0.15, -0.1) is 0 Å². The first-order chi connectivity index (χ1) is 17.5. The Labute approximate surface area is 209 Å². The third kappa shape index (κ3) is 4.34. The number of rotatable bonds is 6. The summed E-state index contributed by atoms with van der Waals surface area (Å²) in [6.45, 7) is 2.43. The first-order valence-electron chi connectivity index (χ1n) is 12.6. The molecule has 2 aliphatic carbocycles. The van der Waals surface area contributed by atoms with Crippen molar-refractivity contribution in [3.05, 3.63) is 82.5 Å². The van der Waals surface area contributed by atoms with Gasteiger partial charge in [-0.25, -0.2) is 4.39 Å². The molecule has 7 heteroatoms. The second-order valence-electron chi connectivity index (χ2n) is 9.31. The number of hydrogen-bond donors (Lipinski definition) is 1. The summed E-state index contributed by atoms with van der Waals surface area (Å²) in [6, 6.07) is 13.2. The summed E-state index contributed by atoms with van der Waals surface area (Å²) in [5, 5.41) is 2.53. The van der Waals surface area contributed by atoms with Crippen LogP contribution in [0.5, 0.6) is 5.75 Å². The Bertz CT molecular complexity index is 1250. The minimum absolute atomic E-state index is 0.0664. The molecule has 3 aliphatic rings. The molecule has 0 saturated heterocycles. The minimum atomic E-state index is -0.528. The van der Waals surface area contributed by atoms with Gasteiger partial charge in [0.05, 0.1) is 5.69 Å². The van der Waals surface area contributed by atoms with Crippen molar-refractivity contribution in [2.75, 3.05) is 18.5 Å². The summed E-state index contributed by atoms with van der Waals surface area (Å²) in [6.07, 6.45) is 4.10. The quantitative estimate of drug-likeness (QED) is 0.599. The Balaban J connectivity index is 1.51. The van der Waals surface area contributed by atoms with E-state index < -0.39 is 17.6 Å². The number of ether oxygens (including phenoxy) is 1. The topological polar surface area (TPSA) is 75.7 Å². The SMILES string of the molecule is CCN1C2=C(C(=O)CCC2)C(c2ccccc2OCC(=O)Nc2ccccc2F)C2=C1CCCC2=O. The smallest absolute Gasteiger partial charge is 0.262 e. The highest BCUT2D eigenvalue weighted by Gasteiger charge is 2.43. The zero-order valence-electron chi connectivity index (χ0n) is 20.3. The second kappa shape index (κ2) is 10.1. The molecule has 0 radical (unpaired) electrons. The molecule has 0 saturated carbocycles. The zero-order chi connectivity index (χ0) is 25.2. The average molecular weight is 489 g/mol. The number of halogens is 1. The lowest BCUT2D eigenvalue weighted by Gasteiger charge is -2.43. The molecule has 36 heavy (non-hydrogen) atoms. The van der Waals surface area contributed by atoms with Gasteiger partial charge < -0.3 is 15.0 Å². The van der Waals surface area contributed by atoms with Gasteiger partial charge in [-0.05, 0) is 50.8 Å². The van der Waals surface area contributed by atoms with Crippen molar-refractivity contribution in [2.45, 2.75) is 51.4 Å². The molecule has 0 fully saturated rings. The number of amides is 1. The molecule has 2 aromatic rings. The maximum absolute atomic E-state index is 13.9. The molecular formula is C29H29FN2O4. The minimum Gasteiger partial charge on any atom is -0.483 e. The number of nitrogens with one attached hydrogen (secondary N) is 1. The summed E-state index contributed by atoms with van der Waals surface area (Å²) in [4.78, 5) is 41.3. The predicted molar refractivity (Wildman–Crippen MR) is 134 cm³/mol. The van der Waals surface area contributed by atoms with E-state index in [-0.39, 0.29) is 23.9 Å². The van der Waals surface area contributed by atoms with Crippen LogP contribution in [0.4, 0.5) is 10.1 Å². The van der Waals surface area contributed by atoms with Crippen LogP contribution in [0, 0.1) is 5.82 Å².